The summed E-state index contributed by atoms with van der Waals surface area (Å²) in [5.41, 5.74) is 0. The SMILES string of the molecule is CCCN(C=N)C(=N)CC. The molecule has 0 aliphatic carbocycles. The van der Waals surface area contributed by atoms with E-state index in [-0.39, 0.29) is 0 Å². The number of hydrogen-bond acceptors (Lipinski definition) is 2. The summed E-state index contributed by atoms with van der Waals surface area (Å²) in [6.07, 6.45) is 2.91. The zero-order valence-corrected chi connectivity index (χ0v) is 6.65. The predicted octanol–water partition coefficient (Wildman–Crippen LogP) is 1.69. The maximum atomic E-state index is 7.37. The molecule has 0 saturated carbocycles. The van der Waals surface area contributed by atoms with Crippen LogP contribution in [0.5, 0.6) is 0 Å². The summed E-state index contributed by atoms with van der Waals surface area (Å²) in [6.45, 7) is 4.75. The Kier molecular flexibility index (Phi) is 4.54. The molecule has 0 bridgehead atoms. The van der Waals surface area contributed by atoms with E-state index in [1.54, 1.807) is 4.90 Å². The van der Waals surface area contributed by atoms with Gasteiger partial charge in [0.2, 0.25) is 0 Å². The number of rotatable bonds is 4. The molecule has 0 saturated heterocycles. The first-order valence-electron chi connectivity index (χ1n) is 3.60. The highest BCUT2D eigenvalue weighted by Gasteiger charge is 2.00. The largest absolute Gasteiger partial charge is 0.322 e. The Labute approximate surface area is 62.1 Å². The van der Waals surface area contributed by atoms with E-state index < -0.39 is 0 Å². The van der Waals surface area contributed by atoms with Gasteiger partial charge in [0.25, 0.3) is 0 Å². The van der Waals surface area contributed by atoms with Crippen molar-refractivity contribution in [2.75, 3.05) is 6.54 Å². The lowest BCUT2D eigenvalue weighted by Crippen LogP contribution is -2.28. The molecule has 10 heavy (non-hydrogen) atoms. The van der Waals surface area contributed by atoms with Gasteiger partial charge in [0, 0.05) is 13.0 Å². The van der Waals surface area contributed by atoms with Gasteiger partial charge in [0.15, 0.2) is 0 Å². The normalized spacial score (nSPS) is 9.00. The van der Waals surface area contributed by atoms with Gasteiger partial charge in [-0.2, -0.15) is 0 Å². The van der Waals surface area contributed by atoms with E-state index >= 15 is 0 Å². The minimum absolute atomic E-state index is 0.525. The fourth-order valence-electron chi connectivity index (χ4n) is 0.721. The predicted molar refractivity (Wildman–Crippen MR) is 43.8 cm³/mol. The molecule has 0 amide bonds. The summed E-state index contributed by atoms with van der Waals surface area (Å²) < 4.78 is 0. The molecule has 0 aromatic carbocycles. The topological polar surface area (TPSA) is 50.9 Å². The standard InChI is InChI=1S/C7H15N3/c1-3-5-10(6-8)7(9)4-2/h6,8-9H,3-5H2,1-2H3. The smallest absolute Gasteiger partial charge is 0.101 e. The molecule has 0 aromatic rings. The van der Waals surface area contributed by atoms with Crippen LogP contribution >= 0.6 is 0 Å². The third kappa shape index (κ3) is 2.62. The molecule has 0 rings (SSSR count). The summed E-state index contributed by atoms with van der Waals surface area (Å²) in [5, 5.41) is 14.3. The van der Waals surface area contributed by atoms with E-state index in [1.807, 2.05) is 13.8 Å². The Morgan fingerprint density at radius 1 is 1.50 bits per heavy atom. The van der Waals surface area contributed by atoms with Gasteiger partial charge in [-0.3, -0.25) is 10.8 Å². The van der Waals surface area contributed by atoms with E-state index in [0.29, 0.717) is 12.3 Å². The van der Waals surface area contributed by atoms with Gasteiger partial charge in [-0.1, -0.05) is 13.8 Å². The molecule has 0 atom stereocenters. The molecule has 0 unspecified atom stereocenters. The second kappa shape index (κ2) is 4.97. The zero-order chi connectivity index (χ0) is 7.98. The lowest BCUT2D eigenvalue weighted by atomic mass is 10.3. The average molecular weight is 141 g/mol. The molecule has 3 nitrogen and oxygen atoms in total. The summed E-state index contributed by atoms with van der Waals surface area (Å²) in [7, 11) is 0. The minimum Gasteiger partial charge on any atom is -0.322 e. The van der Waals surface area contributed by atoms with Gasteiger partial charge in [0.1, 0.15) is 5.84 Å². The molecular weight excluding hydrogens is 126 g/mol. The summed E-state index contributed by atoms with van der Waals surface area (Å²) in [5.74, 6) is 0.525. The number of nitrogens with one attached hydrogen (secondary N) is 2. The highest BCUT2D eigenvalue weighted by atomic mass is 15.2. The van der Waals surface area contributed by atoms with Crippen LogP contribution in [-0.2, 0) is 0 Å². The van der Waals surface area contributed by atoms with Crippen molar-refractivity contribution in [3.8, 4) is 0 Å². The number of hydrogen-bond donors (Lipinski definition) is 2. The van der Waals surface area contributed by atoms with Crippen LogP contribution in [0.1, 0.15) is 26.7 Å². The third-order valence-corrected chi connectivity index (χ3v) is 1.30. The van der Waals surface area contributed by atoms with Crippen LogP contribution in [0.15, 0.2) is 0 Å². The molecule has 0 spiro atoms. The minimum atomic E-state index is 0.525. The fraction of sp³-hybridized carbons (Fsp3) is 0.714. The van der Waals surface area contributed by atoms with Crippen molar-refractivity contribution in [2.24, 2.45) is 0 Å². The van der Waals surface area contributed by atoms with Crippen LogP contribution in [0.4, 0.5) is 0 Å². The Hall–Kier alpha value is -0.860. The fourth-order valence-corrected chi connectivity index (χ4v) is 0.721. The number of nitrogens with zero attached hydrogens (tertiary/aromatic N) is 1. The number of amidine groups is 1. The third-order valence-electron chi connectivity index (χ3n) is 1.30. The first kappa shape index (κ1) is 9.14. The van der Waals surface area contributed by atoms with E-state index in [1.165, 1.54) is 6.34 Å². The molecule has 2 N–H and O–H groups in total. The second-order valence-corrected chi connectivity index (χ2v) is 2.12. The molecule has 58 valence electrons. The van der Waals surface area contributed by atoms with Crippen LogP contribution in [0, 0.1) is 10.8 Å². The van der Waals surface area contributed by atoms with Crippen molar-refractivity contribution in [2.45, 2.75) is 26.7 Å². The van der Waals surface area contributed by atoms with Crippen molar-refractivity contribution in [1.29, 1.82) is 10.8 Å². The molecule has 0 aromatic heterocycles. The highest BCUT2D eigenvalue weighted by Crippen LogP contribution is 1.92. The van der Waals surface area contributed by atoms with Gasteiger partial charge in [-0.15, -0.1) is 0 Å². The maximum Gasteiger partial charge on any atom is 0.101 e. The van der Waals surface area contributed by atoms with Crippen molar-refractivity contribution in [3.63, 3.8) is 0 Å². The lowest BCUT2D eigenvalue weighted by Gasteiger charge is -2.16. The van der Waals surface area contributed by atoms with E-state index in [4.69, 9.17) is 10.8 Å². The monoisotopic (exact) mass is 141 g/mol. The van der Waals surface area contributed by atoms with Crippen molar-refractivity contribution in [3.05, 3.63) is 0 Å². The molecule has 0 radical (unpaired) electrons. The summed E-state index contributed by atoms with van der Waals surface area (Å²) >= 11 is 0. The molecule has 0 fully saturated rings. The van der Waals surface area contributed by atoms with E-state index in [0.717, 1.165) is 13.0 Å². The van der Waals surface area contributed by atoms with Gasteiger partial charge >= 0.3 is 0 Å². The lowest BCUT2D eigenvalue weighted by molar-refractivity contribution is 0.591. The molecule has 3 heteroatoms. The van der Waals surface area contributed by atoms with Gasteiger partial charge in [-0.25, -0.2) is 0 Å². The van der Waals surface area contributed by atoms with Gasteiger partial charge < -0.3 is 4.90 Å². The van der Waals surface area contributed by atoms with E-state index in [2.05, 4.69) is 0 Å². The summed E-state index contributed by atoms with van der Waals surface area (Å²) in [6, 6.07) is 0. The van der Waals surface area contributed by atoms with Gasteiger partial charge in [0.05, 0.1) is 6.34 Å². The second-order valence-electron chi connectivity index (χ2n) is 2.12. The van der Waals surface area contributed by atoms with Crippen molar-refractivity contribution in [1.82, 2.24) is 4.90 Å². The summed E-state index contributed by atoms with van der Waals surface area (Å²) in [4.78, 5) is 1.65. The Morgan fingerprint density at radius 2 is 2.10 bits per heavy atom. The Balaban J connectivity index is 3.80. The molecule has 0 aliphatic heterocycles. The molecule has 0 aliphatic rings. The quantitative estimate of drug-likeness (QED) is 0.454. The maximum absolute atomic E-state index is 7.37. The van der Waals surface area contributed by atoms with Crippen LogP contribution in [0.2, 0.25) is 0 Å². The van der Waals surface area contributed by atoms with Crippen molar-refractivity contribution >= 4 is 12.2 Å². The van der Waals surface area contributed by atoms with E-state index in [9.17, 15) is 0 Å². The van der Waals surface area contributed by atoms with Crippen LogP contribution < -0.4 is 0 Å². The van der Waals surface area contributed by atoms with Crippen LogP contribution in [0.25, 0.3) is 0 Å². The van der Waals surface area contributed by atoms with Crippen LogP contribution in [-0.4, -0.2) is 23.6 Å². The Morgan fingerprint density at radius 3 is 2.40 bits per heavy atom. The van der Waals surface area contributed by atoms with Crippen LogP contribution in [0.3, 0.4) is 0 Å². The highest BCUT2D eigenvalue weighted by molar-refractivity contribution is 5.88. The van der Waals surface area contributed by atoms with Crippen molar-refractivity contribution < 1.29 is 0 Å². The first-order valence-corrected chi connectivity index (χ1v) is 3.60. The molecular formula is C7H15N3. The zero-order valence-electron chi connectivity index (χ0n) is 6.65. The average Bonchev–Trinajstić information content (AvgIpc) is 1.99. The Bertz CT molecular complexity index is 120. The first-order chi connectivity index (χ1) is 4.76. The van der Waals surface area contributed by atoms with Gasteiger partial charge in [-0.05, 0) is 6.42 Å². The molecule has 0 heterocycles.